The number of guanidine groups is 1. The molecule has 0 bridgehead atoms. The van der Waals surface area contributed by atoms with E-state index >= 15 is 0 Å². The summed E-state index contributed by atoms with van der Waals surface area (Å²) in [5, 5.41) is 7.25. The average molecular weight is 530 g/mol. The molecule has 3 fully saturated rings. The van der Waals surface area contributed by atoms with Gasteiger partial charge in [-0.1, -0.05) is 19.3 Å². The average Bonchev–Trinajstić information content (AvgIpc) is 3.47. The Hall–Kier alpha value is -0.800. The summed E-state index contributed by atoms with van der Waals surface area (Å²) < 4.78 is 11.0. The highest BCUT2D eigenvalue weighted by Crippen LogP contribution is 2.25. The summed E-state index contributed by atoms with van der Waals surface area (Å²) in [7, 11) is 0. The number of hydrogen-bond donors (Lipinski definition) is 2. The van der Waals surface area contributed by atoms with Crippen molar-refractivity contribution in [2.24, 2.45) is 10.9 Å². The molecule has 1 aliphatic carbocycles. The van der Waals surface area contributed by atoms with E-state index in [2.05, 4.69) is 15.5 Å². The number of likely N-dealkylation sites (tertiary alicyclic amines) is 1. The summed E-state index contributed by atoms with van der Waals surface area (Å²) in [5.41, 5.74) is 0. The first-order valence-electron chi connectivity index (χ1n) is 11.8. The third-order valence-corrected chi connectivity index (χ3v) is 6.74. The van der Waals surface area contributed by atoms with Gasteiger partial charge in [-0.2, -0.15) is 0 Å². The Morgan fingerprint density at radius 1 is 1.10 bits per heavy atom. The molecule has 3 heterocycles. The van der Waals surface area contributed by atoms with Crippen molar-refractivity contribution in [1.29, 1.82) is 0 Å². The molecule has 3 aliphatic rings. The zero-order chi connectivity index (χ0) is 19.7. The van der Waals surface area contributed by atoms with Crippen LogP contribution in [0, 0.1) is 5.92 Å². The lowest BCUT2D eigenvalue weighted by molar-refractivity contribution is 0.119. The molecule has 2 aliphatic heterocycles. The smallest absolute Gasteiger partial charge is 0.191 e. The van der Waals surface area contributed by atoms with Crippen LogP contribution in [0.25, 0.3) is 0 Å². The molecule has 4 rings (SSSR count). The molecule has 1 saturated carbocycles. The summed E-state index contributed by atoms with van der Waals surface area (Å²) in [4.78, 5) is 7.64. The van der Waals surface area contributed by atoms with Crippen molar-refractivity contribution in [3.05, 3.63) is 24.2 Å². The van der Waals surface area contributed by atoms with Gasteiger partial charge in [-0.3, -0.25) is 4.99 Å². The Balaban J connectivity index is 0.00000256. The van der Waals surface area contributed by atoms with Crippen LogP contribution in [-0.2, 0) is 11.2 Å². The van der Waals surface area contributed by atoms with Gasteiger partial charge in [0, 0.05) is 57.2 Å². The van der Waals surface area contributed by atoms with Crippen molar-refractivity contribution in [3.8, 4) is 0 Å². The standard InChI is InChI=1S/C23H38N4O2.HI/c1-2-5-21(6-3-1)27-13-9-20(10-14-27)26-23(25-17-19-11-16-28-18-19)24-12-8-22-7-4-15-29-22;/h4,7,15,19-21H,1-3,5-6,8-14,16-18H2,(H2,24,25,26);1H. The second kappa shape index (κ2) is 12.9. The number of ether oxygens (including phenoxy) is 1. The van der Waals surface area contributed by atoms with Gasteiger partial charge in [0.1, 0.15) is 5.76 Å². The maximum absolute atomic E-state index is 5.51. The Bertz CT molecular complexity index is 605. The number of halogens is 1. The van der Waals surface area contributed by atoms with Crippen LogP contribution in [-0.4, -0.2) is 62.3 Å². The third-order valence-electron chi connectivity index (χ3n) is 6.74. The zero-order valence-electron chi connectivity index (χ0n) is 18.2. The molecule has 1 atom stereocenters. The van der Waals surface area contributed by atoms with Crippen LogP contribution >= 0.6 is 24.0 Å². The van der Waals surface area contributed by atoms with Gasteiger partial charge >= 0.3 is 0 Å². The molecular weight excluding hydrogens is 491 g/mol. The predicted molar refractivity (Wildman–Crippen MR) is 132 cm³/mol. The van der Waals surface area contributed by atoms with Gasteiger partial charge in [0.05, 0.1) is 12.9 Å². The number of furan rings is 1. The maximum atomic E-state index is 5.51. The Morgan fingerprint density at radius 2 is 1.93 bits per heavy atom. The van der Waals surface area contributed by atoms with E-state index in [0.29, 0.717) is 12.0 Å². The molecule has 30 heavy (non-hydrogen) atoms. The molecule has 2 saturated heterocycles. The molecule has 1 aromatic heterocycles. The monoisotopic (exact) mass is 530 g/mol. The van der Waals surface area contributed by atoms with Crippen molar-refractivity contribution in [2.45, 2.75) is 69.9 Å². The van der Waals surface area contributed by atoms with Crippen LogP contribution in [0.4, 0.5) is 0 Å². The first kappa shape index (κ1) is 23.9. The predicted octanol–water partition coefficient (Wildman–Crippen LogP) is 3.81. The molecule has 0 radical (unpaired) electrons. The Labute approximate surface area is 198 Å². The molecule has 2 N–H and O–H groups in total. The molecule has 6 nitrogen and oxygen atoms in total. The van der Waals surface area contributed by atoms with E-state index in [4.69, 9.17) is 14.1 Å². The van der Waals surface area contributed by atoms with E-state index in [1.807, 2.05) is 12.1 Å². The van der Waals surface area contributed by atoms with Crippen LogP contribution in [0.3, 0.4) is 0 Å². The number of nitrogens with one attached hydrogen (secondary N) is 2. The van der Waals surface area contributed by atoms with E-state index in [1.54, 1.807) is 6.26 Å². The Kier molecular flexibility index (Phi) is 10.3. The van der Waals surface area contributed by atoms with Crippen molar-refractivity contribution >= 4 is 29.9 Å². The number of hydrogen-bond acceptors (Lipinski definition) is 4. The normalized spacial score (nSPS) is 24.5. The minimum Gasteiger partial charge on any atom is -0.469 e. The van der Waals surface area contributed by atoms with Crippen molar-refractivity contribution in [3.63, 3.8) is 0 Å². The fraction of sp³-hybridized carbons (Fsp3) is 0.783. The van der Waals surface area contributed by atoms with Gasteiger partial charge in [0.15, 0.2) is 5.96 Å². The van der Waals surface area contributed by atoms with Gasteiger partial charge in [-0.25, -0.2) is 0 Å². The number of piperidine rings is 1. The van der Waals surface area contributed by atoms with Crippen molar-refractivity contribution < 1.29 is 9.15 Å². The SMILES string of the molecule is I.c1coc(CCNC(=NCC2CCOC2)NC2CCN(C3CCCCC3)CC2)c1. The van der Waals surface area contributed by atoms with Crippen molar-refractivity contribution in [2.75, 3.05) is 39.4 Å². The van der Waals surface area contributed by atoms with Crippen LogP contribution in [0.2, 0.25) is 0 Å². The van der Waals surface area contributed by atoms with Crippen LogP contribution < -0.4 is 10.6 Å². The van der Waals surface area contributed by atoms with E-state index in [-0.39, 0.29) is 24.0 Å². The van der Waals surface area contributed by atoms with E-state index < -0.39 is 0 Å². The lowest BCUT2D eigenvalue weighted by Gasteiger charge is -2.39. The summed E-state index contributed by atoms with van der Waals surface area (Å²) in [6, 6.07) is 5.34. The van der Waals surface area contributed by atoms with Gasteiger partial charge in [-0.15, -0.1) is 24.0 Å². The minimum atomic E-state index is 0. The summed E-state index contributed by atoms with van der Waals surface area (Å²) >= 11 is 0. The van der Waals surface area contributed by atoms with Gasteiger partial charge < -0.3 is 24.7 Å². The lowest BCUT2D eigenvalue weighted by Crippen LogP contribution is -2.51. The summed E-state index contributed by atoms with van der Waals surface area (Å²) in [6.45, 7) is 5.85. The second-order valence-electron chi connectivity index (χ2n) is 8.92. The van der Waals surface area contributed by atoms with Gasteiger partial charge in [0.25, 0.3) is 0 Å². The number of aliphatic imine (C=N–C) groups is 1. The minimum absolute atomic E-state index is 0. The maximum Gasteiger partial charge on any atom is 0.191 e. The molecule has 7 heteroatoms. The molecule has 0 aromatic carbocycles. The summed E-state index contributed by atoms with van der Waals surface area (Å²) in [5.74, 6) is 2.54. The van der Waals surface area contributed by atoms with E-state index in [1.165, 1.54) is 58.0 Å². The summed E-state index contributed by atoms with van der Waals surface area (Å²) in [6.07, 6.45) is 13.2. The molecular formula is C23H39IN4O2. The van der Waals surface area contributed by atoms with Crippen LogP contribution in [0.5, 0.6) is 0 Å². The first-order valence-corrected chi connectivity index (χ1v) is 11.8. The van der Waals surface area contributed by atoms with Crippen LogP contribution in [0.1, 0.15) is 57.1 Å². The van der Waals surface area contributed by atoms with Gasteiger partial charge in [0.2, 0.25) is 0 Å². The van der Waals surface area contributed by atoms with Crippen molar-refractivity contribution in [1.82, 2.24) is 15.5 Å². The number of nitrogens with zero attached hydrogens (tertiary/aromatic N) is 2. The molecule has 1 aromatic rings. The molecule has 170 valence electrons. The highest BCUT2D eigenvalue weighted by molar-refractivity contribution is 14.0. The molecule has 0 amide bonds. The highest BCUT2D eigenvalue weighted by Gasteiger charge is 2.26. The van der Waals surface area contributed by atoms with Gasteiger partial charge in [-0.05, 0) is 44.2 Å². The van der Waals surface area contributed by atoms with E-state index in [9.17, 15) is 0 Å². The zero-order valence-corrected chi connectivity index (χ0v) is 20.5. The lowest BCUT2D eigenvalue weighted by atomic mass is 9.92. The highest BCUT2D eigenvalue weighted by atomic mass is 127. The molecule has 0 spiro atoms. The third kappa shape index (κ3) is 7.41. The first-order chi connectivity index (χ1) is 14.4. The topological polar surface area (TPSA) is 62.0 Å². The second-order valence-corrected chi connectivity index (χ2v) is 8.92. The fourth-order valence-electron chi connectivity index (χ4n) is 4.91. The largest absolute Gasteiger partial charge is 0.469 e. The Morgan fingerprint density at radius 3 is 2.63 bits per heavy atom. The van der Waals surface area contributed by atoms with Crippen LogP contribution in [0.15, 0.2) is 27.8 Å². The number of rotatable bonds is 7. The quantitative estimate of drug-likeness (QED) is 0.319. The van der Waals surface area contributed by atoms with E-state index in [0.717, 1.165) is 56.9 Å². The molecule has 1 unspecified atom stereocenters. The fourth-order valence-corrected chi connectivity index (χ4v) is 4.91.